The van der Waals surface area contributed by atoms with Gasteiger partial charge in [0.25, 0.3) is 6.47 Å². The van der Waals surface area contributed by atoms with Crippen LogP contribution in [-0.2, 0) is 9.53 Å². The molecule has 2 fully saturated rings. The van der Waals surface area contributed by atoms with Gasteiger partial charge in [0.05, 0.1) is 0 Å². The van der Waals surface area contributed by atoms with Crippen molar-refractivity contribution in [3.8, 4) is 0 Å². The Hall–Kier alpha value is -0.280. The number of halogens is 1. The Balaban J connectivity index is 0.000000201. The summed E-state index contributed by atoms with van der Waals surface area (Å²) >= 11 is 0. The third kappa shape index (κ3) is 5.38. The number of fused-ring (bicyclic) bond motifs is 1. The maximum atomic E-state index is 9.60. The Bertz CT molecular complexity index is 144. The van der Waals surface area contributed by atoms with Gasteiger partial charge in [-0.15, -0.1) is 12.4 Å². The second kappa shape index (κ2) is 4.10. The van der Waals surface area contributed by atoms with Crippen molar-refractivity contribution in [3.63, 3.8) is 0 Å². The van der Waals surface area contributed by atoms with Crippen LogP contribution in [0.1, 0.15) is 20.8 Å². The molecule has 3 nitrogen and oxygen atoms in total. The van der Waals surface area contributed by atoms with Crippen LogP contribution in [0.15, 0.2) is 0 Å². The highest BCUT2D eigenvalue weighted by molar-refractivity contribution is 5.85. The summed E-state index contributed by atoms with van der Waals surface area (Å²) < 4.78 is 4.55. The average molecular weight is 194 g/mol. The predicted molar refractivity (Wildman–Crippen MR) is 49.5 cm³/mol. The van der Waals surface area contributed by atoms with E-state index in [0.717, 1.165) is 6.04 Å². The molecule has 0 atom stereocenters. The molecule has 0 aliphatic carbocycles. The summed E-state index contributed by atoms with van der Waals surface area (Å²) in [6.45, 7) is 8.75. The fraction of sp³-hybridized carbons (Fsp3) is 0.875. The lowest BCUT2D eigenvalue weighted by molar-refractivity contribution is -0.138. The minimum atomic E-state index is -0.318. The summed E-state index contributed by atoms with van der Waals surface area (Å²) in [5.74, 6) is 0. The highest BCUT2D eigenvalue weighted by Crippen LogP contribution is 2.32. The number of rotatable bonds is 1. The van der Waals surface area contributed by atoms with Gasteiger partial charge < -0.3 is 4.74 Å². The summed E-state index contributed by atoms with van der Waals surface area (Å²) in [6.07, 6.45) is 0. The maximum absolute atomic E-state index is 9.60. The van der Waals surface area contributed by atoms with Gasteiger partial charge in [0.2, 0.25) is 0 Å². The molecule has 12 heavy (non-hydrogen) atoms. The van der Waals surface area contributed by atoms with Crippen molar-refractivity contribution >= 4 is 18.9 Å². The van der Waals surface area contributed by atoms with Crippen molar-refractivity contribution in [1.29, 1.82) is 0 Å². The first-order chi connectivity index (χ1) is 5.03. The van der Waals surface area contributed by atoms with Gasteiger partial charge in [-0.2, -0.15) is 0 Å². The van der Waals surface area contributed by atoms with Gasteiger partial charge in [-0.3, -0.25) is 9.69 Å². The van der Waals surface area contributed by atoms with Gasteiger partial charge in [0, 0.05) is 19.1 Å². The molecule has 2 aliphatic rings. The van der Waals surface area contributed by atoms with Crippen LogP contribution in [0.25, 0.3) is 0 Å². The Labute approximate surface area is 79.5 Å². The Morgan fingerprint density at radius 2 is 1.75 bits per heavy atom. The van der Waals surface area contributed by atoms with Crippen LogP contribution in [-0.4, -0.2) is 36.1 Å². The van der Waals surface area contributed by atoms with Crippen LogP contribution in [0.5, 0.6) is 0 Å². The lowest BCUT2D eigenvalue weighted by atomic mass is 10.2. The number of carbonyl (C=O) groups is 1. The lowest BCUT2D eigenvalue weighted by Crippen LogP contribution is -2.17. The van der Waals surface area contributed by atoms with Gasteiger partial charge in [0.1, 0.15) is 5.60 Å². The minimum absolute atomic E-state index is 0. The number of hydrogen-bond acceptors (Lipinski definition) is 3. The molecule has 0 aromatic rings. The first kappa shape index (κ1) is 11.7. The molecule has 72 valence electrons. The van der Waals surface area contributed by atoms with Gasteiger partial charge in [-0.05, 0) is 20.8 Å². The molecule has 2 aliphatic heterocycles. The molecular formula is C8H16ClNO2. The highest BCUT2D eigenvalue weighted by Gasteiger charge is 2.49. The molecule has 0 saturated carbocycles. The standard InChI is InChI=1S/C5H10O2.C3H5N.ClH/c1-5(2,3)7-4-6;1-3-2-4(1)3;/h4H,1-3H3;3H,1-2H2;1H. The summed E-state index contributed by atoms with van der Waals surface area (Å²) in [5.41, 5.74) is -0.318. The monoisotopic (exact) mass is 193 g/mol. The second-order valence-corrected chi connectivity index (χ2v) is 3.93. The molecule has 4 heteroatoms. The van der Waals surface area contributed by atoms with Gasteiger partial charge >= 0.3 is 0 Å². The molecule has 2 rings (SSSR count). The second-order valence-electron chi connectivity index (χ2n) is 3.93. The molecule has 0 radical (unpaired) electrons. The fourth-order valence-corrected chi connectivity index (χ4v) is 0.538. The zero-order chi connectivity index (χ0) is 8.48. The molecule has 0 spiro atoms. The minimum Gasteiger partial charge on any atom is -0.462 e. The SMILES string of the molecule is C1C2CN12.CC(C)(C)OC=O.Cl. The van der Waals surface area contributed by atoms with Crippen LogP contribution >= 0.6 is 12.4 Å². The van der Waals surface area contributed by atoms with Crippen LogP contribution in [0.2, 0.25) is 0 Å². The Morgan fingerprint density at radius 3 is 1.75 bits per heavy atom. The molecule has 0 aromatic carbocycles. The van der Waals surface area contributed by atoms with E-state index in [1.807, 2.05) is 20.8 Å². The Kier molecular flexibility index (Phi) is 4.00. The molecule has 0 aromatic heterocycles. The van der Waals surface area contributed by atoms with E-state index in [1.165, 1.54) is 13.1 Å². The topological polar surface area (TPSA) is 29.3 Å². The van der Waals surface area contributed by atoms with E-state index >= 15 is 0 Å². The molecule has 0 unspecified atom stereocenters. The molecule has 2 saturated heterocycles. The molecule has 0 amide bonds. The van der Waals surface area contributed by atoms with Crippen LogP contribution in [0.4, 0.5) is 0 Å². The molecular weight excluding hydrogens is 178 g/mol. The zero-order valence-electron chi connectivity index (χ0n) is 7.74. The lowest BCUT2D eigenvalue weighted by Gasteiger charge is -2.14. The van der Waals surface area contributed by atoms with E-state index in [0.29, 0.717) is 6.47 Å². The third-order valence-corrected chi connectivity index (χ3v) is 1.54. The summed E-state index contributed by atoms with van der Waals surface area (Å²) in [5, 5.41) is 0. The van der Waals surface area contributed by atoms with Crippen molar-refractivity contribution in [2.45, 2.75) is 32.4 Å². The van der Waals surface area contributed by atoms with Crippen molar-refractivity contribution in [3.05, 3.63) is 0 Å². The largest absolute Gasteiger partial charge is 0.462 e. The third-order valence-electron chi connectivity index (χ3n) is 1.54. The predicted octanol–water partition coefficient (Wildman–Crippen LogP) is 1.06. The highest BCUT2D eigenvalue weighted by atomic mass is 35.5. The fourth-order valence-electron chi connectivity index (χ4n) is 0.538. The normalized spacial score (nSPS) is 28.2. The van der Waals surface area contributed by atoms with E-state index in [-0.39, 0.29) is 18.0 Å². The van der Waals surface area contributed by atoms with Crippen molar-refractivity contribution in [2.24, 2.45) is 0 Å². The van der Waals surface area contributed by atoms with Crippen molar-refractivity contribution in [2.75, 3.05) is 13.1 Å². The zero-order valence-corrected chi connectivity index (χ0v) is 8.56. The first-order valence-corrected chi connectivity index (χ1v) is 3.88. The van der Waals surface area contributed by atoms with Gasteiger partial charge in [-0.1, -0.05) is 0 Å². The van der Waals surface area contributed by atoms with E-state index in [1.54, 1.807) is 0 Å². The summed E-state index contributed by atoms with van der Waals surface area (Å²) in [7, 11) is 0. The number of ether oxygens (including phenoxy) is 1. The number of hydrogen-bond donors (Lipinski definition) is 0. The van der Waals surface area contributed by atoms with E-state index in [2.05, 4.69) is 9.64 Å². The quantitative estimate of drug-likeness (QED) is 0.461. The van der Waals surface area contributed by atoms with Crippen LogP contribution in [0, 0.1) is 0 Å². The average Bonchev–Trinajstić information content (AvgIpc) is 2.39. The van der Waals surface area contributed by atoms with E-state index in [9.17, 15) is 4.79 Å². The molecule has 0 bridgehead atoms. The summed E-state index contributed by atoms with van der Waals surface area (Å²) in [6, 6.07) is 1.08. The van der Waals surface area contributed by atoms with E-state index in [4.69, 9.17) is 0 Å². The van der Waals surface area contributed by atoms with Gasteiger partial charge in [0.15, 0.2) is 0 Å². The van der Waals surface area contributed by atoms with E-state index < -0.39 is 0 Å². The van der Waals surface area contributed by atoms with Crippen LogP contribution < -0.4 is 0 Å². The Morgan fingerprint density at radius 1 is 1.42 bits per heavy atom. The molecule has 2 heterocycles. The smallest absolute Gasteiger partial charge is 0.293 e. The number of carbonyl (C=O) groups excluding carboxylic acids is 1. The number of nitrogens with zero attached hydrogens (tertiary/aromatic N) is 1. The summed E-state index contributed by atoms with van der Waals surface area (Å²) in [4.78, 5) is 12.0. The first-order valence-electron chi connectivity index (χ1n) is 3.88. The maximum Gasteiger partial charge on any atom is 0.293 e. The van der Waals surface area contributed by atoms with Gasteiger partial charge in [-0.25, -0.2) is 0 Å². The van der Waals surface area contributed by atoms with Crippen LogP contribution in [0.3, 0.4) is 0 Å². The molecule has 0 N–H and O–H groups in total. The van der Waals surface area contributed by atoms with Crippen molar-refractivity contribution in [1.82, 2.24) is 4.90 Å². The van der Waals surface area contributed by atoms with Crippen molar-refractivity contribution < 1.29 is 9.53 Å².